The van der Waals surface area contributed by atoms with Gasteiger partial charge < -0.3 is 54.9 Å². The Balaban J connectivity index is 1.63. The van der Waals surface area contributed by atoms with Crippen LogP contribution in [0.2, 0.25) is 0 Å². The molecule has 0 bridgehead atoms. The Kier molecular flexibility index (Phi) is 28.7. The number of amides is 10. The van der Waals surface area contributed by atoms with Gasteiger partial charge in [0.15, 0.2) is 11.6 Å². The standard InChI is InChI=1S/C70H106N10O13/c1-16-45(6)62-70(93)73(10)47(8)64(87)75(12)54(37-49-27-20-17-21-28-49)59(83)41-52(48(9)81)66(89)76(13)57(38-50-29-22-18-23-30-50)67(90)77(14)56(36-44(4)5)69(92)80-34-26-31-53(80)58(82)39-51(65(88)79-32-24-19-25-33-79)40-60(84)72-46(7)63(86)71-42-61(85)74(11)55(35-43(2)3)68(91)78(62)15/h17-18,20-23,27-30,43-48,51-57,62,81H,16,19,24-26,31-42H2,1-15H3,(H,71,86)(H,72,84)/t45-,46-,47-,48+,51-,52-,53-,54-,55-,56-,57-,62-/m0/s1. The third-order valence-corrected chi connectivity index (χ3v) is 19.3. The second-order valence-electron chi connectivity index (χ2n) is 27.1. The summed E-state index contributed by atoms with van der Waals surface area (Å²) in [7, 11) is 8.64. The van der Waals surface area contributed by atoms with Crippen molar-refractivity contribution >= 4 is 70.6 Å². The van der Waals surface area contributed by atoms with E-state index in [2.05, 4.69) is 10.6 Å². The average Bonchev–Trinajstić information content (AvgIpc) is 1.71. The van der Waals surface area contributed by atoms with Crippen LogP contribution in [0.3, 0.4) is 0 Å². The number of rotatable bonds is 12. The van der Waals surface area contributed by atoms with Crippen molar-refractivity contribution in [3.63, 3.8) is 0 Å². The van der Waals surface area contributed by atoms with E-state index < -0.39 is 169 Å². The lowest BCUT2D eigenvalue weighted by atomic mass is 9.89. The number of fused-ring (bicyclic) bond motifs is 1. The maximum atomic E-state index is 15.5. The van der Waals surface area contributed by atoms with Gasteiger partial charge in [0.1, 0.15) is 36.3 Å². The SMILES string of the molecule is CC[C@H](C)[C@H]1C(=O)N(C)[C@@H](C)C(=O)N(C)[C@@H](Cc2ccccc2)C(=O)C[C@@H]([C@@H](C)O)C(=O)N(C)[C@@H](Cc2ccccc2)C(=O)N(C)[C@@H](CC(C)C)C(=O)N2CCC[C@H]2C(=O)C[C@H](C(=O)N2CCCCC2)CC(=O)N[C@@H](C)C(=O)NCC(=O)N(C)[C@@H](CC(C)C)C(=O)N1C. The third-order valence-electron chi connectivity index (χ3n) is 19.3. The quantitative estimate of drug-likeness (QED) is 0.270. The van der Waals surface area contributed by atoms with Gasteiger partial charge in [-0.25, -0.2) is 0 Å². The molecule has 3 fully saturated rings. The molecule has 2 aromatic rings. The molecule has 23 nitrogen and oxygen atoms in total. The zero-order chi connectivity index (χ0) is 69.3. The highest BCUT2D eigenvalue weighted by molar-refractivity contribution is 6.00. The number of aliphatic hydroxyl groups excluding tert-OH is 1. The van der Waals surface area contributed by atoms with Crippen LogP contribution in [-0.4, -0.2) is 238 Å². The van der Waals surface area contributed by atoms with Crippen molar-refractivity contribution in [1.29, 1.82) is 0 Å². The molecule has 23 heteroatoms. The molecule has 0 aliphatic carbocycles. The number of likely N-dealkylation sites (N-methyl/N-ethyl adjacent to an activating group) is 6. The summed E-state index contributed by atoms with van der Waals surface area (Å²) in [6.45, 7) is 15.9. The number of benzene rings is 2. The highest BCUT2D eigenvalue weighted by Gasteiger charge is 2.46. The molecule has 3 aliphatic rings. The fraction of sp³-hybridized carbons (Fsp3) is 0.657. The summed E-state index contributed by atoms with van der Waals surface area (Å²) in [5.41, 5.74) is 1.33. The van der Waals surface area contributed by atoms with E-state index in [1.807, 2.05) is 34.6 Å². The number of carbonyl (C=O) groups excluding carboxylic acids is 12. The number of nitrogens with zero attached hydrogens (tertiary/aromatic N) is 8. The van der Waals surface area contributed by atoms with Gasteiger partial charge in [-0.15, -0.1) is 0 Å². The third kappa shape index (κ3) is 20.0. The van der Waals surface area contributed by atoms with Crippen LogP contribution in [0.1, 0.15) is 144 Å². The second kappa shape index (κ2) is 35.1. The number of piperidine rings is 1. The molecule has 3 saturated heterocycles. The first-order valence-electron chi connectivity index (χ1n) is 33.4. The molecule has 5 rings (SSSR count). The number of carbonyl (C=O) groups is 12. The van der Waals surface area contributed by atoms with E-state index in [1.54, 1.807) is 72.5 Å². The first-order valence-corrected chi connectivity index (χ1v) is 33.4. The lowest BCUT2D eigenvalue weighted by Crippen LogP contribution is -2.60. The predicted octanol–water partition coefficient (Wildman–Crippen LogP) is 4.15. The smallest absolute Gasteiger partial charge is 0.246 e. The maximum absolute atomic E-state index is 15.5. The van der Waals surface area contributed by atoms with Crippen molar-refractivity contribution in [3.05, 3.63) is 71.8 Å². The van der Waals surface area contributed by atoms with Crippen molar-refractivity contribution in [3.8, 4) is 0 Å². The van der Waals surface area contributed by atoms with Gasteiger partial charge >= 0.3 is 0 Å². The number of hydrogen-bond donors (Lipinski definition) is 3. The zero-order valence-electron chi connectivity index (χ0n) is 57.8. The van der Waals surface area contributed by atoms with Gasteiger partial charge in [0.25, 0.3) is 0 Å². The molecule has 514 valence electrons. The van der Waals surface area contributed by atoms with Crippen LogP contribution in [0.5, 0.6) is 0 Å². The molecule has 3 N–H and O–H groups in total. The van der Waals surface area contributed by atoms with Crippen LogP contribution in [0.25, 0.3) is 0 Å². The largest absolute Gasteiger partial charge is 0.393 e. The van der Waals surface area contributed by atoms with E-state index in [0.29, 0.717) is 37.1 Å². The lowest BCUT2D eigenvalue weighted by molar-refractivity contribution is -0.155. The minimum Gasteiger partial charge on any atom is -0.393 e. The number of ketones is 2. The minimum atomic E-state index is -1.46. The number of likely N-dealkylation sites (tertiary alicyclic amines) is 1. The second-order valence-corrected chi connectivity index (χ2v) is 27.1. The number of nitrogens with one attached hydrogen (secondary N) is 2. The molecule has 0 unspecified atom stereocenters. The van der Waals surface area contributed by atoms with Crippen LogP contribution in [0.4, 0.5) is 0 Å². The zero-order valence-corrected chi connectivity index (χ0v) is 57.8. The van der Waals surface area contributed by atoms with Crippen LogP contribution < -0.4 is 10.6 Å². The Bertz CT molecular complexity index is 2940. The Morgan fingerprint density at radius 3 is 1.60 bits per heavy atom. The Hall–Kier alpha value is -7.56. The Labute approximate surface area is 551 Å². The molecule has 0 radical (unpaired) electrons. The lowest BCUT2D eigenvalue weighted by Gasteiger charge is -2.40. The number of aliphatic hydroxyl groups is 1. The van der Waals surface area contributed by atoms with Gasteiger partial charge in [0, 0.05) is 87.6 Å². The molecule has 0 spiro atoms. The first kappa shape index (κ1) is 76.2. The fourth-order valence-electron chi connectivity index (χ4n) is 13.1. The summed E-state index contributed by atoms with van der Waals surface area (Å²) in [6.07, 6.45) is 0.759. The molecule has 2 aromatic carbocycles. The molecule has 10 amide bonds. The summed E-state index contributed by atoms with van der Waals surface area (Å²) in [5, 5.41) is 16.8. The highest BCUT2D eigenvalue weighted by Crippen LogP contribution is 2.30. The van der Waals surface area contributed by atoms with E-state index in [4.69, 9.17) is 0 Å². The van der Waals surface area contributed by atoms with Gasteiger partial charge in [-0.3, -0.25) is 57.5 Å². The monoisotopic (exact) mass is 1290 g/mol. The Morgan fingerprint density at radius 2 is 1.06 bits per heavy atom. The van der Waals surface area contributed by atoms with Crippen LogP contribution >= 0.6 is 0 Å². The topological polar surface area (TPSA) is 275 Å². The van der Waals surface area contributed by atoms with E-state index in [-0.39, 0.29) is 50.5 Å². The van der Waals surface area contributed by atoms with Gasteiger partial charge in [0.2, 0.25) is 59.1 Å². The summed E-state index contributed by atoms with van der Waals surface area (Å²) >= 11 is 0. The molecule has 12 atom stereocenters. The van der Waals surface area contributed by atoms with Crippen LogP contribution in [-0.2, 0) is 70.4 Å². The fourth-order valence-corrected chi connectivity index (χ4v) is 13.1. The van der Waals surface area contributed by atoms with E-state index in [0.717, 1.165) is 19.3 Å². The maximum Gasteiger partial charge on any atom is 0.246 e. The number of hydrogen-bond acceptors (Lipinski definition) is 13. The van der Waals surface area contributed by atoms with Gasteiger partial charge in [-0.05, 0) is 101 Å². The van der Waals surface area contributed by atoms with Crippen LogP contribution in [0.15, 0.2) is 60.7 Å². The van der Waals surface area contributed by atoms with Crippen molar-refractivity contribution < 1.29 is 62.6 Å². The van der Waals surface area contributed by atoms with E-state index in [1.165, 1.54) is 97.4 Å². The summed E-state index contributed by atoms with van der Waals surface area (Å²) < 4.78 is 0. The average molecular weight is 1300 g/mol. The van der Waals surface area contributed by atoms with E-state index in [9.17, 15) is 38.7 Å². The molecular weight excluding hydrogens is 1190 g/mol. The molecular formula is C70H106N10O13. The number of Topliss-reactive ketones (excluding diaryl/α,β-unsaturated/α-hetero) is 2. The van der Waals surface area contributed by atoms with Crippen molar-refractivity contribution in [2.24, 2.45) is 29.6 Å². The predicted molar refractivity (Wildman–Crippen MR) is 352 cm³/mol. The molecule has 3 aliphatic heterocycles. The highest BCUT2D eigenvalue weighted by atomic mass is 16.3. The normalized spacial score (nSPS) is 27.0. The van der Waals surface area contributed by atoms with E-state index >= 15 is 24.0 Å². The van der Waals surface area contributed by atoms with Crippen LogP contribution in [0, 0.1) is 29.6 Å². The van der Waals surface area contributed by atoms with Crippen molar-refractivity contribution in [2.45, 2.75) is 200 Å². The summed E-state index contributed by atoms with van der Waals surface area (Å²) in [5.74, 6) is -10.7. The summed E-state index contributed by atoms with van der Waals surface area (Å²) in [6, 6.07) is 8.38. The van der Waals surface area contributed by atoms with Crippen molar-refractivity contribution in [1.82, 2.24) is 49.8 Å². The van der Waals surface area contributed by atoms with Crippen molar-refractivity contribution in [2.75, 3.05) is 68.5 Å². The van der Waals surface area contributed by atoms with Gasteiger partial charge in [-0.1, -0.05) is 109 Å². The minimum absolute atomic E-state index is 0.0235. The molecule has 0 aromatic heterocycles. The Morgan fingerprint density at radius 1 is 0.548 bits per heavy atom. The first-order chi connectivity index (χ1) is 43.8. The van der Waals surface area contributed by atoms with Gasteiger partial charge in [0.05, 0.1) is 36.6 Å². The molecule has 93 heavy (non-hydrogen) atoms. The molecule has 3 heterocycles. The van der Waals surface area contributed by atoms with Gasteiger partial charge in [-0.2, -0.15) is 0 Å². The molecule has 0 saturated carbocycles. The summed E-state index contributed by atoms with van der Waals surface area (Å²) in [4.78, 5) is 187.